The molecule has 0 aliphatic heterocycles. The van der Waals surface area contributed by atoms with Gasteiger partial charge in [-0.3, -0.25) is 4.55 Å². The second kappa shape index (κ2) is 15.0. The summed E-state index contributed by atoms with van der Waals surface area (Å²) < 4.78 is 31.2. The summed E-state index contributed by atoms with van der Waals surface area (Å²) in [4.78, 5) is -0.0226. The van der Waals surface area contributed by atoms with Crippen LogP contribution in [0.4, 0.5) is 0 Å². The maximum atomic E-state index is 11.1. The van der Waals surface area contributed by atoms with Crippen LogP contribution in [-0.4, -0.2) is 13.0 Å². The molecule has 0 heterocycles. The van der Waals surface area contributed by atoms with Gasteiger partial charge in [-0.15, -0.1) is 0 Å². The van der Waals surface area contributed by atoms with E-state index < -0.39 is 10.1 Å². The summed E-state index contributed by atoms with van der Waals surface area (Å²) in [5.41, 5.74) is 1.14. The van der Waals surface area contributed by atoms with Crippen LogP contribution in [0.2, 0.25) is 0 Å². The van der Waals surface area contributed by atoms with E-state index in [2.05, 4.69) is 13.8 Å². The van der Waals surface area contributed by atoms with Crippen molar-refractivity contribution in [2.24, 2.45) is 5.92 Å². The molecule has 1 N–H and O–H groups in total. The average molecular weight is 411 g/mol. The van der Waals surface area contributed by atoms with Crippen molar-refractivity contribution in [2.75, 3.05) is 0 Å². The lowest BCUT2D eigenvalue weighted by Crippen LogP contribution is -2.02. The highest BCUT2D eigenvalue weighted by Gasteiger charge is 2.10. The smallest absolute Gasteiger partial charge is 0.282 e. The minimum Gasteiger partial charge on any atom is -0.282 e. The molecule has 1 unspecified atom stereocenters. The van der Waals surface area contributed by atoms with E-state index in [1.54, 1.807) is 0 Å². The van der Waals surface area contributed by atoms with Gasteiger partial charge in [0.25, 0.3) is 10.1 Å². The van der Waals surface area contributed by atoms with E-state index in [1.165, 1.54) is 95.6 Å². The summed E-state index contributed by atoms with van der Waals surface area (Å²) in [7, 11) is -4.08. The molecule has 162 valence electrons. The molecule has 0 aliphatic carbocycles. The fourth-order valence-corrected chi connectivity index (χ4v) is 4.39. The van der Waals surface area contributed by atoms with Crippen molar-refractivity contribution in [3.8, 4) is 0 Å². The summed E-state index contributed by atoms with van der Waals surface area (Å²) in [6, 6.07) is 6.62. The van der Waals surface area contributed by atoms with Gasteiger partial charge in [-0.05, 0) is 36.5 Å². The standard InChI is InChI=1S/C24H42O3S/c1-3-5-7-8-9-10-11-15-22(14-6-4-2)16-12-13-17-23-18-20-24(21-19-23)28(25,26)27/h18-22H,3-17H2,1-2H3,(H,25,26,27). The SMILES string of the molecule is CCCCCCCCCC(CCCC)CCCCc1ccc(S(=O)(=O)O)cc1. The van der Waals surface area contributed by atoms with Crippen LogP contribution in [0.15, 0.2) is 29.2 Å². The van der Waals surface area contributed by atoms with Crippen LogP contribution in [0, 0.1) is 5.92 Å². The van der Waals surface area contributed by atoms with E-state index >= 15 is 0 Å². The Morgan fingerprint density at radius 2 is 1.21 bits per heavy atom. The third kappa shape index (κ3) is 11.9. The van der Waals surface area contributed by atoms with Gasteiger partial charge in [0.2, 0.25) is 0 Å². The van der Waals surface area contributed by atoms with Crippen LogP contribution in [0.1, 0.15) is 109 Å². The molecule has 1 aromatic rings. The molecule has 1 aromatic carbocycles. The van der Waals surface area contributed by atoms with Crippen LogP contribution in [0.5, 0.6) is 0 Å². The highest BCUT2D eigenvalue weighted by molar-refractivity contribution is 7.85. The summed E-state index contributed by atoms with van der Waals surface area (Å²) in [5.74, 6) is 0.873. The quantitative estimate of drug-likeness (QED) is 0.212. The van der Waals surface area contributed by atoms with Gasteiger partial charge >= 0.3 is 0 Å². The van der Waals surface area contributed by atoms with Gasteiger partial charge < -0.3 is 0 Å². The van der Waals surface area contributed by atoms with E-state index in [1.807, 2.05) is 12.1 Å². The van der Waals surface area contributed by atoms with Gasteiger partial charge in [-0.2, -0.15) is 8.42 Å². The summed E-state index contributed by atoms with van der Waals surface area (Å²) in [6.45, 7) is 4.55. The Morgan fingerprint density at radius 1 is 0.714 bits per heavy atom. The van der Waals surface area contributed by atoms with Crippen LogP contribution in [0.3, 0.4) is 0 Å². The zero-order valence-electron chi connectivity index (χ0n) is 18.2. The van der Waals surface area contributed by atoms with E-state index in [0.29, 0.717) is 0 Å². The summed E-state index contributed by atoms with van der Waals surface area (Å²) in [5, 5.41) is 0. The fraction of sp³-hybridized carbons (Fsp3) is 0.750. The fourth-order valence-electron chi connectivity index (χ4n) is 3.91. The largest absolute Gasteiger partial charge is 0.294 e. The first kappa shape index (κ1) is 25.2. The Hall–Kier alpha value is -0.870. The van der Waals surface area contributed by atoms with Crippen molar-refractivity contribution >= 4 is 10.1 Å². The monoisotopic (exact) mass is 410 g/mol. The Kier molecular flexibility index (Phi) is 13.5. The van der Waals surface area contributed by atoms with Gasteiger partial charge in [-0.1, -0.05) is 109 Å². The van der Waals surface area contributed by atoms with Gasteiger partial charge in [0, 0.05) is 0 Å². The Balaban J connectivity index is 2.24. The minimum absolute atomic E-state index is 0.0226. The molecule has 0 saturated carbocycles. The molecule has 1 atom stereocenters. The first-order chi connectivity index (χ1) is 13.5. The Bertz CT molecular complexity index is 593. The van der Waals surface area contributed by atoms with Crippen molar-refractivity contribution in [3.63, 3.8) is 0 Å². The van der Waals surface area contributed by atoms with Gasteiger partial charge in [-0.25, -0.2) is 0 Å². The topological polar surface area (TPSA) is 54.4 Å². The Labute approximate surface area is 174 Å². The van der Waals surface area contributed by atoms with Crippen LogP contribution in [0.25, 0.3) is 0 Å². The third-order valence-electron chi connectivity index (χ3n) is 5.73. The van der Waals surface area contributed by atoms with Gasteiger partial charge in [0.15, 0.2) is 0 Å². The Morgan fingerprint density at radius 3 is 1.79 bits per heavy atom. The lowest BCUT2D eigenvalue weighted by Gasteiger charge is -2.16. The molecule has 1 rings (SSSR count). The number of rotatable bonds is 17. The second-order valence-electron chi connectivity index (χ2n) is 8.28. The van der Waals surface area contributed by atoms with Crippen molar-refractivity contribution in [3.05, 3.63) is 29.8 Å². The molecule has 0 fully saturated rings. The molecule has 0 spiro atoms. The number of hydrogen-bond donors (Lipinski definition) is 1. The minimum atomic E-state index is -4.08. The van der Waals surface area contributed by atoms with Crippen LogP contribution < -0.4 is 0 Å². The second-order valence-corrected chi connectivity index (χ2v) is 9.70. The average Bonchev–Trinajstić information content (AvgIpc) is 2.67. The molecule has 0 aliphatic rings. The predicted molar refractivity (Wildman–Crippen MR) is 119 cm³/mol. The number of hydrogen-bond acceptors (Lipinski definition) is 2. The van der Waals surface area contributed by atoms with E-state index in [4.69, 9.17) is 4.55 Å². The van der Waals surface area contributed by atoms with Crippen LogP contribution in [-0.2, 0) is 16.5 Å². The highest BCUT2D eigenvalue weighted by atomic mass is 32.2. The summed E-state index contributed by atoms with van der Waals surface area (Å²) >= 11 is 0. The van der Waals surface area contributed by atoms with Crippen molar-refractivity contribution in [1.82, 2.24) is 0 Å². The maximum absolute atomic E-state index is 11.1. The molecule has 4 heteroatoms. The zero-order chi connectivity index (χ0) is 20.7. The number of benzene rings is 1. The van der Waals surface area contributed by atoms with Gasteiger partial charge in [0.05, 0.1) is 4.90 Å². The first-order valence-electron chi connectivity index (χ1n) is 11.5. The lowest BCUT2D eigenvalue weighted by atomic mass is 9.90. The van der Waals surface area contributed by atoms with Crippen molar-refractivity contribution < 1.29 is 13.0 Å². The zero-order valence-corrected chi connectivity index (χ0v) is 19.0. The first-order valence-corrected chi connectivity index (χ1v) is 13.0. The molecule has 0 amide bonds. The van der Waals surface area contributed by atoms with E-state index in [9.17, 15) is 8.42 Å². The van der Waals surface area contributed by atoms with Gasteiger partial charge in [0.1, 0.15) is 0 Å². The summed E-state index contributed by atoms with van der Waals surface area (Å²) in [6.07, 6.45) is 19.8. The molecular weight excluding hydrogens is 368 g/mol. The number of aryl methyl sites for hydroxylation is 1. The predicted octanol–water partition coefficient (Wildman–Crippen LogP) is 7.59. The molecule has 28 heavy (non-hydrogen) atoms. The molecule has 0 bridgehead atoms. The number of unbranched alkanes of at least 4 members (excludes halogenated alkanes) is 8. The van der Waals surface area contributed by atoms with E-state index in [0.717, 1.165) is 24.3 Å². The molecule has 3 nitrogen and oxygen atoms in total. The maximum Gasteiger partial charge on any atom is 0.294 e. The molecule has 0 saturated heterocycles. The normalized spacial score (nSPS) is 13.0. The van der Waals surface area contributed by atoms with Crippen molar-refractivity contribution in [1.29, 1.82) is 0 Å². The third-order valence-corrected chi connectivity index (χ3v) is 6.60. The molecular formula is C24H42O3S. The van der Waals surface area contributed by atoms with Crippen molar-refractivity contribution in [2.45, 2.75) is 115 Å². The van der Waals surface area contributed by atoms with Crippen LogP contribution >= 0.6 is 0 Å². The molecule has 0 radical (unpaired) electrons. The van der Waals surface area contributed by atoms with E-state index in [-0.39, 0.29) is 4.90 Å². The molecule has 0 aromatic heterocycles. The lowest BCUT2D eigenvalue weighted by molar-refractivity contribution is 0.374. The highest BCUT2D eigenvalue weighted by Crippen LogP contribution is 2.24.